The van der Waals surface area contributed by atoms with Crippen molar-refractivity contribution in [2.24, 2.45) is 0 Å². The van der Waals surface area contributed by atoms with Crippen molar-refractivity contribution in [3.05, 3.63) is 42.7 Å². The monoisotopic (exact) mass is 272 g/mol. The minimum Gasteiger partial charge on any atom is -0.369 e. The molecule has 0 unspecified atom stereocenters. The average molecular weight is 272 g/mol. The largest absolute Gasteiger partial charge is 0.369 e. The highest BCUT2D eigenvalue weighted by atomic mass is 32.1. The first-order valence-corrected chi connectivity index (χ1v) is 6.79. The molecule has 0 N–H and O–H groups in total. The first kappa shape index (κ1) is 12.4. The number of benzene rings is 1. The van der Waals surface area contributed by atoms with Gasteiger partial charge in [-0.3, -0.25) is 0 Å². The second kappa shape index (κ2) is 5.59. The highest BCUT2D eigenvalue weighted by Gasteiger charge is 2.14. The molecule has 5 heteroatoms. The number of nitrogens with zero attached hydrogens (tertiary/aromatic N) is 4. The van der Waals surface area contributed by atoms with Crippen molar-refractivity contribution < 1.29 is 0 Å². The molecule has 1 aliphatic rings. The fourth-order valence-corrected chi connectivity index (χ4v) is 2.40. The van der Waals surface area contributed by atoms with Crippen LogP contribution < -0.4 is 4.90 Å². The van der Waals surface area contributed by atoms with E-state index in [9.17, 15) is 0 Å². The number of piperazine rings is 1. The number of rotatable bonds is 2. The fraction of sp³-hybridized carbons (Fsp3) is 0.286. The molecule has 19 heavy (non-hydrogen) atoms. The third kappa shape index (κ3) is 2.88. The second-order valence-electron chi connectivity index (χ2n) is 4.56. The van der Waals surface area contributed by atoms with Gasteiger partial charge in [0.05, 0.1) is 0 Å². The molecule has 2 aromatic rings. The van der Waals surface area contributed by atoms with Gasteiger partial charge in [0.1, 0.15) is 0 Å². The summed E-state index contributed by atoms with van der Waals surface area (Å²) < 4.78 is 2.06. The number of hydrogen-bond donors (Lipinski definition) is 1. The zero-order valence-electron chi connectivity index (χ0n) is 10.6. The predicted octanol–water partition coefficient (Wildman–Crippen LogP) is 2.11. The van der Waals surface area contributed by atoms with Gasteiger partial charge in [0.2, 0.25) is 0 Å². The van der Waals surface area contributed by atoms with E-state index in [1.54, 1.807) is 12.4 Å². The Bertz CT molecular complexity index is 521. The molecule has 0 amide bonds. The minimum absolute atomic E-state index is 0.772. The topological polar surface area (TPSA) is 32.3 Å². The maximum Gasteiger partial charge on any atom is 0.159 e. The van der Waals surface area contributed by atoms with Crippen LogP contribution in [0.1, 0.15) is 0 Å². The van der Waals surface area contributed by atoms with Gasteiger partial charge >= 0.3 is 0 Å². The summed E-state index contributed by atoms with van der Waals surface area (Å²) in [5.41, 5.74) is 2.30. The van der Waals surface area contributed by atoms with Crippen molar-refractivity contribution in [2.45, 2.75) is 0 Å². The number of anilines is 1. The van der Waals surface area contributed by atoms with E-state index in [2.05, 4.69) is 56.3 Å². The smallest absolute Gasteiger partial charge is 0.159 e. The maximum atomic E-state index is 4.37. The van der Waals surface area contributed by atoms with Gasteiger partial charge < -0.3 is 4.90 Å². The highest BCUT2D eigenvalue weighted by molar-refractivity contribution is 7.77. The molecule has 0 atom stereocenters. The van der Waals surface area contributed by atoms with Gasteiger partial charge in [0.25, 0.3) is 0 Å². The average Bonchev–Trinajstić information content (AvgIpc) is 2.49. The molecule has 1 aliphatic heterocycles. The molecular weight excluding hydrogens is 256 g/mol. The molecule has 1 saturated heterocycles. The molecule has 1 aromatic carbocycles. The van der Waals surface area contributed by atoms with Crippen molar-refractivity contribution in [2.75, 3.05) is 31.1 Å². The number of thiol groups is 1. The van der Waals surface area contributed by atoms with Crippen LogP contribution >= 0.6 is 12.8 Å². The van der Waals surface area contributed by atoms with Gasteiger partial charge in [-0.15, -0.1) is 0 Å². The van der Waals surface area contributed by atoms with Crippen LogP contribution in [0.25, 0.3) is 11.4 Å². The van der Waals surface area contributed by atoms with Crippen LogP contribution in [0.2, 0.25) is 0 Å². The van der Waals surface area contributed by atoms with E-state index in [1.807, 2.05) is 6.07 Å². The van der Waals surface area contributed by atoms with Crippen LogP contribution in [0.3, 0.4) is 0 Å². The van der Waals surface area contributed by atoms with Gasteiger partial charge in [0, 0.05) is 49.8 Å². The summed E-state index contributed by atoms with van der Waals surface area (Å²) in [6.45, 7) is 4.02. The lowest BCUT2D eigenvalue weighted by Crippen LogP contribution is -2.42. The molecular formula is C14H16N4S. The normalized spacial score (nSPS) is 16.6. The molecule has 1 fully saturated rings. The molecule has 3 rings (SSSR count). The van der Waals surface area contributed by atoms with E-state index in [0.29, 0.717) is 0 Å². The Balaban J connectivity index is 1.76. The van der Waals surface area contributed by atoms with E-state index < -0.39 is 0 Å². The van der Waals surface area contributed by atoms with Crippen molar-refractivity contribution in [3.8, 4) is 11.4 Å². The lowest BCUT2D eigenvalue weighted by molar-refractivity contribution is 0.434. The third-order valence-corrected chi connectivity index (χ3v) is 3.71. The molecule has 4 nitrogen and oxygen atoms in total. The number of aromatic nitrogens is 2. The van der Waals surface area contributed by atoms with E-state index in [4.69, 9.17) is 0 Å². The maximum absolute atomic E-state index is 4.37. The van der Waals surface area contributed by atoms with Gasteiger partial charge in [-0.2, -0.15) is 0 Å². The van der Waals surface area contributed by atoms with Gasteiger partial charge in [0.15, 0.2) is 5.82 Å². The Morgan fingerprint density at radius 1 is 0.895 bits per heavy atom. The van der Waals surface area contributed by atoms with Crippen LogP contribution in [0.15, 0.2) is 42.7 Å². The van der Waals surface area contributed by atoms with Crippen LogP contribution in [-0.4, -0.2) is 40.5 Å². The zero-order valence-corrected chi connectivity index (χ0v) is 11.5. The van der Waals surface area contributed by atoms with Crippen LogP contribution in [0, 0.1) is 0 Å². The summed E-state index contributed by atoms with van der Waals surface area (Å²) in [5, 5.41) is 0. The van der Waals surface area contributed by atoms with Crippen LogP contribution in [0.4, 0.5) is 5.69 Å². The van der Waals surface area contributed by atoms with Crippen molar-refractivity contribution >= 4 is 18.5 Å². The van der Waals surface area contributed by atoms with E-state index in [0.717, 1.165) is 37.6 Å². The van der Waals surface area contributed by atoms with Crippen LogP contribution in [-0.2, 0) is 0 Å². The second-order valence-corrected chi connectivity index (χ2v) is 5.13. The van der Waals surface area contributed by atoms with Gasteiger partial charge in [-0.05, 0) is 30.3 Å². The Morgan fingerprint density at radius 2 is 1.53 bits per heavy atom. The lowest BCUT2D eigenvalue weighted by Gasteiger charge is -2.33. The van der Waals surface area contributed by atoms with Crippen LogP contribution in [0.5, 0.6) is 0 Å². The highest BCUT2D eigenvalue weighted by Crippen LogP contribution is 2.21. The predicted molar refractivity (Wildman–Crippen MR) is 80.2 cm³/mol. The van der Waals surface area contributed by atoms with Gasteiger partial charge in [-0.1, -0.05) is 12.8 Å². The molecule has 0 aliphatic carbocycles. The van der Waals surface area contributed by atoms with Crippen molar-refractivity contribution in [1.29, 1.82) is 0 Å². The first-order chi connectivity index (χ1) is 9.33. The SMILES string of the molecule is SN1CCN(c2ccc(-c3ncccn3)cc2)CC1. The molecule has 0 bridgehead atoms. The summed E-state index contributed by atoms with van der Waals surface area (Å²) in [5.74, 6) is 0.772. The Hall–Kier alpha value is -1.59. The molecule has 2 heterocycles. The zero-order chi connectivity index (χ0) is 13.1. The molecule has 0 spiro atoms. The van der Waals surface area contributed by atoms with E-state index in [1.165, 1.54) is 5.69 Å². The van der Waals surface area contributed by atoms with Crippen molar-refractivity contribution in [1.82, 2.24) is 14.3 Å². The summed E-state index contributed by atoms with van der Waals surface area (Å²) in [6.07, 6.45) is 3.53. The summed E-state index contributed by atoms with van der Waals surface area (Å²) >= 11 is 4.37. The molecule has 0 radical (unpaired) electrons. The minimum atomic E-state index is 0.772. The van der Waals surface area contributed by atoms with Crippen molar-refractivity contribution in [3.63, 3.8) is 0 Å². The number of hydrogen-bond acceptors (Lipinski definition) is 5. The standard InChI is InChI=1S/C14H16N4S/c19-18-10-8-17(9-11-18)13-4-2-12(3-5-13)14-15-6-1-7-16-14/h1-7,19H,8-11H2. The summed E-state index contributed by atoms with van der Waals surface area (Å²) in [4.78, 5) is 10.9. The fourth-order valence-electron chi connectivity index (χ4n) is 2.22. The summed E-state index contributed by atoms with van der Waals surface area (Å²) in [7, 11) is 0. The Labute approximate surface area is 118 Å². The Morgan fingerprint density at radius 3 is 2.16 bits per heavy atom. The molecule has 0 saturated carbocycles. The third-order valence-electron chi connectivity index (χ3n) is 3.31. The lowest BCUT2D eigenvalue weighted by atomic mass is 10.1. The Kier molecular flexibility index (Phi) is 3.66. The molecule has 1 aromatic heterocycles. The summed E-state index contributed by atoms with van der Waals surface area (Å²) in [6, 6.07) is 10.3. The van der Waals surface area contributed by atoms with E-state index in [-0.39, 0.29) is 0 Å². The van der Waals surface area contributed by atoms with E-state index >= 15 is 0 Å². The quantitative estimate of drug-likeness (QED) is 0.849. The van der Waals surface area contributed by atoms with Gasteiger partial charge in [-0.25, -0.2) is 14.3 Å². The first-order valence-electron chi connectivity index (χ1n) is 6.39. The molecule has 98 valence electrons.